The number of ketones is 1. The Kier molecular flexibility index (Phi) is 6.14. The number of ether oxygens (including phenoxy) is 2. The molecule has 11 heteroatoms. The molecule has 2 atom stereocenters. The Morgan fingerprint density at radius 2 is 2.06 bits per heavy atom. The SMILES string of the molecule is COc1ccc(C(=O)Cc2ccc(F)c([C@]3(CF)C[C@@H](C(F)(F)F)OC(N)=N3)c2)nc1. The maximum absolute atomic E-state index is 14.6. The maximum Gasteiger partial charge on any atom is 0.425 e. The Labute approximate surface area is 173 Å². The largest absolute Gasteiger partial charge is 0.495 e. The first kappa shape index (κ1) is 22.4. The Bertz CT molecular complexity index is 995. The normalized spacial score (nSPS) is 21.2. The summed E-state index contributed by atoms with van der Waals surface area (Å²) in [6.07, 6.45) is -7.20. The second kappa shape index (κ2) is 8.48. The lowest BCUT2D eigenvalue weighted by molar-refractivity contribution is -0.209. The van der Waals surface area contributed by atoms with E-state index in [0.717, 1.165) is 12.1 Å². The fourth-order valence-electron chi connectivity index (χ4n) is 3.27. The number of carbonyl (C=O) groups excluding carboxylic acids is 1. The van der Waals surface area contributed by atoms with Gasteiger partial charge in [-0.3, -0.25) is 4.79 Å². The highest BCUT2D eigenvalue weighted by molar-refractivity contribution is 5.95. The Morgan fingerprint density at radius 3 is 2.65 bits per heavy atom. The van der Waals surface area contributed by atoms with Crippen LogP contribution in [-0.4, -0.2) is 42.9 Å². The molecular weight excluding hydrogens is 425 g/mol. The number of benzene rings is 1. The highest BCUT2D eigenvalue weighted by atomic mass is 19.4. The maximum atomic E-state index is 14.6. The molecule has 166 valence electrons. The molecule has 0 radical (unpaired) electrons. The lowest BCUT2D eigenvalue weighted by atomic mass is 9.83. The fourth-order valence-corrected chi connectivity index (χ4v) is 3.27. The van der Waals surface area contributed by atoms with Crippen LogP contribution in [0.1, 0.15) is 28.0 Å². The van der Waals surface area contributed by atoms with Crippen molar-refractivity contribution in [1.82, 2.24) is 4.98 Å². The van der Waals surface area contributed by atoms with E-state index < -0.39 is 54.1 Å². The van der Waals surface area contributed by atoms with E-state index >= 15 is 0 Å². The molecule has 0 unspecified atom stereocenters. The highest BCUT2D eigenvalue weighted by Gasteiger charge is 2.52. The lowest BCUT2D eigenvalue weighted by Gasteiger charge is -2.36. The number of alkyl halides is 4. The predicted octanol–water partition coefficient (Wildman–Crippen LogP) is 3.49. The molecule has 0 aliphatic carbocycles. The van der Waals surface area contributed by atoms with Crippen LogP contribution in [0.25, 0.3) is 0 Å². The van der Waals surface area contributed by atoms with Crippen LogP contribution in [0.5, 0.6) is 5.75 Å². The van der Waals surface area contributed by atoms with Crippen molar-refractivity contribution in [3.05, 3.63) is 59.2 Å². The highest BCUT2D eigenvalue weighted by Crippen LogP contribution is 2.41. The predicted molar refractivity (Wildman–Crippen MR) is 100 cm³/mol. The number of nitrogens with two attached hydrogens (primary N) is 1. The second-order valence-electron chi connectivity index (χ2n) is 6.96. The Hall–Kier alpha value is -3.24. The molecule has 31 heavy (non-hydrogen) atoms. The average Bonchev–Trinajstić information content (AvgIpc) is 2.74. The van der Waals surface area contributed by atoms with Crippen molar-refractivity contribution in [2.24, 2.45) is 10.7 Å². The molecule has 2 aromatic rings. The molecule has 0 saturated carbocycles. The van der Waals surface area contributed by atoms with Gasteiger partial charge >= 0.3 is 6.18 Å². The molecule has 1 aromatic carbocycles. The van der Waals surface area contributed by atoms with Crippen molar-refractivity contribution < 1.29 is 36.2 Å². The summed E-state index contributed by atoms with van der Waals surface area (Å²) in [4.78, 5) is 20.1. The monoisotopic (exact) mass is 443 g/mol. The van der Waals surface area contributed by atoms with Gasteiger partial charge in [0.25, 0.3) is 6.02 Å². The first-order chi connectivity index (χ1) is 14.6. The molecule has 0 spiro atoms. The van der Waals surface area contributed by atoms with Crippen molar-refractivity contribution in [3.8, 4) is 5.75 Å². The number of carbonyl (C=O) groups is 1. The summed E-state index contributed by atoms with van der Waals surface area (Å²) in [6.45, 7) is -1.45. The number of aliphatic imine (C=N–C) groups is 1. The summed E-state index contributed by atoms with van der Waals surface area (Å²) in [6, 6.07) is 5.42. The van der Waals surface area contributed by atoms with Gasteiger partial charge in [0.1, 0.15) is 29.5 Å². The number of methoxy groups -OCH3 is 1. The van der Waals surface area contributed by atoms with Gasteiger partial charge in [-0.1, -0.05) is 6.07 Å². The van der Waals surface area contributed by atoms with Crippen LogP contribution in [0, 0.1) is 5.82 Å². The van der Waals surface area contributed by atoms with Crippen molar-refractivity contribution in [1.29, 1.82) is 0 Å². The van der Waals surface area contributed by atoms with Gasteiger partial charge in [-0.25, -0.2) is 18.8 Å². The van der Waals surface area contributed by atoms with Crippen LogP contribution in [0.4, 0.5) is 22.0 Å². The average molecular weight is 443 g/mol. The molecule has 0 amide bonds. The second-order valence-corrected chi connectivity index (χ2v) is 6.96. The van der Waals surface area contributed by atoms with E-state index in [4.69, 9.17) is 10.5 Å². The smallest absolute Gasteiger partial charge is 0.425 e. The minimum atomic E-state index is -4.86. The Balaban J connectivity index is 1.93. The number of nitrogens with zero attached hydrogens (tertiary/aromatic N) is 2. The van der Waals surface area contributed by atoms with Gasteiger partial charge in [0, 0.05) is 18.4 Å². The van der Waals surface area contributed by atoms with Crippen molar-refractivity contribution in [2.45, 2.75) is 30.7 Å². The van der Waals surface area contributed by atoms with Gasteiger partial charge in [-0.15, -0.1) is 0 Å². The molecule has 1 aliphatic heterocycles. The van der Waals surface area contributed by atoms with Gasteiger partial charge in [0.15, 0.2) is 11.9 Å². The molecule has 2 N–H and O–H groups in total. The van der Waals surface area contributed by atoms with E-state index in [2.05, 4.69) is 14.7 Å². The van der Waals surface area contributed by atoms with Gasteiger partial charge in [0.2, 0.25) is 0 Å². The molecule has 0 fully saturated rings. The minimum Gasteiger partial charge on any atom is -0.495 e. The van der Waals surface area contributed by atoms with Crippen molar-refractivity contribution in [2.75, 3.05) is 13.8 Å². The van der Waals surface area contributed by atoms with Crippen molar-refractivity contribution in [3.63, 3.8) is 0 Å². The van der Waals surface area contributed by atoms with Crippen LogP contribution in [0.3, 0.4) is 0 Å². The Morgan fingerprint density at radius 1 is 1.32 bits per heavy atom. The zero-order chi connectivity index (χ0) is 22.8. The van der Waals surface area contributed by atoms with E-state index in [1.165, 1.54) is 31.5 Å². The van der Waals surface area contributed by atoms with E-state index in [1.807, 2.05) is 0 Å². The van der Waals surface area contributed by atoms with Crippen LogP contribution in [0.15, 0.2) is 41.5 Å². The van der Waals surface area contributed by atoms with E-state index in [-0.39, 0.29) is 17.7 Å². The number of pyridine rings is 1. The third-order valence-corrected chi connectivity index (χ3v) is 4.85. The molecule has 3 rings (SSSR count). The standard InChI is InChI=1S/C20H18F5N3O3/c1-30-12-3-5-15(27-9-12)16(29)7-11-2-4-14(22)13(6-11)19(10-21)8-17(20(23,24)25)31-18(26)28-19/h2-6,9,17H,7-8,10H2,1H3,(H2,26,28)/t17-,19+/m0/s1. The summed E-state index contributed by atoms with van der Waals surface area (Å²) in [5, 5.41) is 0. The summed E-state index contributed by atoms with van der Waals surface area (Å²) in [5.74, 6) is -0.965. The third-order valence-electron chi connectivity index (χ3n) is 4.85. The summed E-state index contributed by atoms with van der Waals surface area (Å²) in [7, 11) is 1.44. The van der Waals surface area contributed by atoms with Crippen LogP contribution >= 0.6 is 0 Å². The molecule has 1 aromatic heterocycles. The van der Waals surface area contributed by atoms with E-state index in [1.54, 1.807) is 0 Å². The third kappa shape index (κ3) is 4.75. The summed E-state index contributed by atoms with van der Waals surface area (Å²) >= 11 is 0. The van der Waals surface area contributed by atoms with Crippen molar-refractivity contribution >= 4 is 11.8 Å². The number of hydrogen-bond donors (Lipinski definition) is 1. The number of Topliss-reactive ketones (excluding diaryl/α,β-unsaturated/α-hetero) is 1. The van der Waals surface area contributed by atoms with Gasteiger partial charge in [-0.05, 0) is 29.8 Å². The summed E-state index contributed by atoms with van der Waals surface area (Å²) < 4.78 is 77.6. The van der Waals surface area contributed by atoms with Crippen LogP contribution < -0.4 is 10.5 Å². The van der Waals surface area contributed by atoms with E-state index in [9.17, 15) is 26.7 Å². The zero-order valence-corrected chi connectivity index (χ0v) is 16.2. The van der Waals surface area contributed by atoms with Gasteiger partial charge < -0.3 is 15.2 Å². The van der Waals surface area contributed by atoms with Crippen LogP contribution in [0.2, 0.25) is 0 Å². The number of halogens is 5. The molecule has 1 aliphatic rings. The number of aromatic nitrogens is 1. The first-order valence-corrected chi connectivity index (χ1v) is 9.05. The lowest BCUT2D eigenvalue weighted by Crippen LogP contribution is -2.48. The molecule has 6 nitrogen and oxygen atoms in total. The number of hydrogen-bond acceptors (Lipinski definition) is 6. The minimum absolute atomic E-state index is 0.109. The van der Waals surface area contributed by atoms with Crippen LogP contribution in [-0.2, 0) is 16.7 Å². The summed E-state index contributed by atoms with van der Waals surface area (Å²) in [5.41, 5.74) is 3.03. The molecule has 0 bridgehead atoms. The van der Waals surface area contributed by atoms with E-state index in [0.29, 0.717) is 5.75 Å². The molecular formula is C20H18F5N3O3. The number of rotatable bonds is 6. The molecule has 0 saturated heterocycles. The zero-order valence-electron chi connectivity index (χ0n) is 16.2. The first-order valence-electron chi connectivity index (χ1n) is 9.05. The fraction of sp³-hybridized carbons (Fsp3) is 0.350. The number of amidine groups is 1. The topological polar surface area (TPSA) is 86.8 Å². The van der Waals surface area contributed by atoms with Gasteiger partial charge in [-0.2, -0.15) is 13.2 Å². The molecule has 2 heterocycles. The van der Waals surface area contributed by atoms with Gasteiger partial charge in [0.05, 0.1) is 13.3 Å². The quantitative estimate of drug-likeness (QED) is 0.546.